The van der Waals surface area contributed by atoms with Crippen LogP contribution in [0.25, 0.3) is 0 Å². The van der Waals surface area contributed by atoms with Crippen LogP contribution in [0.3, 0.4) is 0 Å². The second-order valence-corrected chi connectivity index (χ2v) is 12.8. The van der Waals surface area contributed by atoms with Crippen molar-refractivity contribution in [3.8, 4) is 0 Å². The lowest BCUT2D eigenvalue weighted by Gasteiger charge is -2.05. The Kier molecular flexibility index (Phi) is 26.3. The molecule has 0 aliphatic carbocycles. The van der Waals surface area contributed by atoms with E-state index in [1.165, 1.54) is 18.1 Å². The molecule has 0 rings (SSSR count). The molecule has 0 saturated carbocycles. The highest BCUT2D eigenvalue weighted by atomic mass is 16.5. The van der Waals surface area contributed by atoms with Gasteiger partial charge in [0.15, 0.2) is 0 Å². The van der Waals surface area contributed by atoms with Crippen LogP contribution in [0.2, 0.25) is 0 Å². The number of aliphatic carboxylic acids is 1. The molecule has 0 fully saturated rings. The maximum atomic E-state index is 11.6. The molecule has 0 aliphatic rings. The van der Waals surface area contributed by atoms with E-state index in [0.29, 0.717) is 0 Å². The zero-order valence-corrected chi connectivity index (χ0v) is 32.1. The molecule has 0 amide bonds. The van der Waals surface area contributed by atoms with Crippen LogP contribution in [-0.2, 0) is 28.7 Å². The number of carboxylic acids is 1. The number of ether oxygens (including phenoxy) is 2. The smallest absolute Gasteiger partial charge is 0.306 e. The van der Waals surface area contributed by atoms with Gasteiger partial charge < -0.3 is 19.4 Å². The normalized spacial score (nSPS) is 14.4. The third-order valence-electron chi connectivity index (χ3n) is 7.24. The highest BCUT2D eigenvalue weighted by Crippen LogP contribution is 2.10. The molecule has 0 aliphatic heterocycles. The number of carbonyl (C=O) groups is 4. The Balaban J connectivity index is 4.59. The van der Waals surface area contributed by atoms with E-state index in [1.807, 2.05) is 44.2 Å². The van der Waals surface area contributed by atoms with Crippen LogP contribution in [0.5, 0.6) is 0 Å². The number of rotatable bonds is 24. The van der Waals surface area contributed by atoms with Crippen LogP contribution in [0.15, 0.2) is 130 Å². The summed E-state index contributed by atoms with van der Waals surface area (Å²) in [5.74, 6) is -1.84. The molecule has 0 radical (unpaired) electrons. The second kappa shape index (κ2) is 29.0. The van der Waals surface area contributed by atoms with Crippen molar-refractivity contribution in [1.82, 2.24) is 0 Å². The van der Waals surface area contributed by atoms with Gasteiger partial charge >= 0.3 is 17.9 Å². The first-order chi connectivity index (χ1) is 24.2. The van der Waals surface area contributed by atoms with E-state index in [9.17, 15) is 19.2 Å². The van der Waals surface area contributed by atoms with Gasteiger partial charge in [0, 0.05) is 6.42 Å². The topological polar surface area (TPSA) is 107 Å². The number of ketones is 1. The van der Waals surface area contributed by atoms with Crippen LogP contribution < -0.4 is 0 Å². The highest BCUT2D eigenvalue weighted by molar-refractivity contribution is 5.81. The van der Waals surface area contributed by atoms with Crippen LogP contribution in [-0.4, -0.2) is 42.0 Å². The van der Waals surface area contributed by atoms with Gasteiger partial charge in [-0.05, 0) is 92.2 Å². The first kappa shape index (κ1) is 46.2. The minimum atomic E-state index is -1.01. The fourth-order valence-electron chi connectivity index (χ4n) is 4.06. The number of allylic oxidation sites excluding steroid dienone is 20. The summed E-state index contributed by atoms with van der Waals surface area (Å²) in [6.45, 7) is 16.1. The van der Waals surface area contributed by atoms with Gasteiger partial charge in [0.2, 0.25) is 0 Å². The van der Waals surface area contributed by atoms with Gasteiger partial charge in [0.05, 0.1) is 19.3 Å². The van der Waals surface area contributed by atoms with Crippen LogP contribution >= 0.6 is 0 Å². The highest BCUT2D eigenvalue weighted by Gasteiger charge is 2.07. The molecule has 0 heterocycles. The summed E-state index contributed by atoms with van der Waals surface area (Å²) in [4.78, 5) is 44.7. The largest absolute Gasteiger partial charge is 0.481 e. The maximum absolute atomic E-state index is 11.6. The minimum absolute atomic E-state index is 0.00972. The van der Waals surface area contributed by atoms with E-state index in [0.717, 1.165) is 53.5 Å². The van der Waals surface area contributed by atoms with E-state index in [1.54, 1.807) is 0 Å². The summed E-state index contributed by atoms with van der Waals surface area (Å²) in [5, 5.41) is 8.62. The first-order valence-electron chi connectivity index (χ1n) is 17.6. The quantitative estimate of drug-likeness (QED) is 0.0606. The van der Waals surface area contributed by atoms with E-state index in [-0.39, 0.29) is 50.6 Å². The van der Waals surface area contributed by atoms with Crippen molar-refractivity contribution < 1.29 is 33.8 Å². The zero-order valence-electron chi connectivity index (χ0n) is 32.1. The Bertz CT molecular complexity index is 1480. The standard InChI is InChI=1S/C44H60O7/c1-34(18-11-20-36(3)22-13-23-38(5)25-15-27-40(7)33-51-44(49)31-29-42(46)47)16-9-10-17-35(2)19-12-21-37(4)24-14-26-39(6)32-50-43(48)30-28-41(8)45/h9-13,16-23,26-27H,14-15,24-25,28-33H2,1-8H3,(H,46,47)/b10-9+,18-11+,19-12+,22-13+,34-16+,35-17+,36-20+,37-21+,38-23+,39-26+,40-27+. The van der Waals surface area contributed by atoms with Gasteiger partial charge in [-0.3, -0.25) is 14.4 Å². The predicted molar refractivity (Wildman–Crippen MR) is 210 cm³/mol. The minimum Gasteiger partial charge on any atom is -0.481 e. The number of esters is 2. The van der Waals surface area contributed by atoms with Crippen LogP contribution in [0.4, 0.5) is 0 Å². The SMILES string of the molecule is CC(=O)CCC(=O)OC/C(C)=C/CC/C(C)=C/C=C/C(C)=C/C=C/C=C(C)/C=C/C=C(C)/C=C/C=C(\C)CC/C=C(\C)COC(=O)CCC(=O)O. The second-order valence-electron chi connectivity index (χ2n) is 12.8. The average Bonchev–Trinajstić information content (AvgIpc) is 3.06. The number of hydrogen-bond acceptors (Lipinski definition) is 6. The lowest BCUT2D eigenvalue weighted by Crippen LogP contribution is -2.08. The monoisotopic (exact) mass is 700 g/mol. The molecule has 0 bridgehead atoms. The Morgan fingerprint density at radius 3 is 1.22 bits per heavy atom. The Hall–Kier alpha value is -4.78. The fraction of sp³-hybridized carbons (Fsp3) is 0.409. The first-order valence-corrected chi connectivity index (χ1v) is 17.6. The molecule has 0 saturated heterocycles. The summed E-state index contributed by atoms with van der Waals surface area (Å²) in [6, 6.07) is 0. The van der Waals surface area contributed by atoms with Crippen LogP contribution in [0, 0.1) is 0 Å². The lowest BCUT2D eigenvalue weighted by atomic mass is 10.1. The fourth-order valence-corrected chi connectivity index (χ4v) is 4.06. The third kappa shape index (κ3) is 31.0. The summed E-state index contributed by atoms with van der Waals surface area (Å²) < 4.78 is 10.3. The average molecular weight is 701 g/mol. The molecule has 7 heteroatoms. The van der Waals surface area contributed by atoms with Gasteiger partial charge in [-0.1, -0.05) is 119 Å². The lowest BCUT2D eigenvalue weighted by molar-refractivity contribution is -0.147. The molecular formula is C44H60O7. The zero-order chi connectivity index (χ0) is 38.4. The van der Waals surface area contributed by atoms with Crippen LogP contribution in [0.1, 0.15) is 107 Å². The number of Topliss-reactive ketones (excluding diaryl/α,β-unsaturated/α-hetero) is 1. The van der Waals surface area contributed by atoms with E-state index in [2.05, 4.69) is 95.4 Å². The van der Waals surface area contributed by atoms with Crippen molar-refractivity contribution >= 4 is 23.7 Å². The Morgan fingerprint density at radius 1 is 0.451 bits per heavy atom. The van der Waals surface area contributed by atoms with Crippen molar-refractivity contribution in [2.24, 2.45) is 0 Å². The molecule has 0 atom stereocenters. The molecule has 0 aromatic heterocycles. The van der Waals surface area contributed by atoms with Gasteiger partial charge in [0.25, 0.3) is 0 Å². The van der Waals surface area contributed by atoms with Gasteiger partial charge in [0.1, 0.15) is 19.0 Å². The van der Waals surface area contributed by atoms with Gasteiger partial charge in [-0.2, -0.15) is 0 Å². The summed E-state index contributed by atoms with van der Waals surface area (Å²) in [7, 11) is 0. The predicted octanol–water partition coefficient (Wildman–Crippen LogP) is 10.7. The molecule has 51 heavy (non-hydrogen) atoms. The third-order valence-corrected chi connectivity index (χ3v) is 7.24. The van der Waals surface area contributed by atoms with E-state index in [4.69, 9.17) is 14.6 Å². The molecule has 1 N–H and O–H groups in total. The number of carbonyl (C=O) groups excluding carboxylic acids is 3. The van der Waals surface area contributed by atoms with Crippen molar-refractivity contribution in [2.75, 3.05) is 13.2 Å². The molecule has 0 aromatic carbocycles. The van der Waals surface area contributed by atoms with Gasteiger partial charge in [-0.25, -0.2) is 0 Å². The molecule has 278 valence electrons. The number of hydrogen-bond donors (Lipinski definition) is 1. The molecule has 0 spiro atoms. The summed E-state index contributed by atoms with van der Waals surface area (Å²) in [5.41, 5.74) is 7.89. The maximum Gasteiger partial charge on any atom is 0.306 e. The van der Waals surface area contributed by atoms with Crippen molar-refractivity contribution in [1.29, 1.82) is 0 Å². The Labute approximate surface area is 307 Å². The Morgan fingerprint density at radius 2 is 0.824 bits per heavy atom. The molecule has 0 unspecified atom stereocenters. The number of carboxylic acid groups (broad SMARTS) is 1. The summed E-state index contributed by atoms with van der Waals surface area (Å²) in [6.07, 6.45) is 34.6. The van der Waals surface area contributed by atoms with E-state index >= 15 is 0 Å². The molecule has 7 nitrogen and oxygen atoms in total. The van der Waals surface area contributed by atoms with E-state index < -0.39 is 11.9 Å². The summed E-state index contributed by atoms with van der Waals surface area (Å²) >= 11 is 0. The van der Waals surface area contributed by atoms with Gasteiger partial charge in [-0.15, -0.1) is 0 Å². The van der Waals surface area contributed by atoms with Crippen molar-refractivity contribution in [3.05, 3.63) is 130 Å². The molecule has 0 aromatic rings. The van der Waals surface area contributed by atoms with Crippen molar-refractivity contribution in [2.45, 2.75) is 107 Å². The van der Waals surface area contributed by atoms with Crippen molar-refractivity contribution in [3.63, 3.8) is 0 Å². The molecular weight excluding hydrogens is 640 g/mol.